The number of phenolic OH excluding ortho intramolecular Hbond substituents is 1. The van der Waals surface area contributed by atoms with Gasteiger partial charge in [-0.2, -0.15) is 4.39 Å². The first-order chi connectivity index (χ1) is 9.49. The maximum atomic E-state index is 13.5. The summed E-state index contributed by atoms with van der Waals surface area (Å²) in [4.78, 5) is 16.4. The molecule has 2 rings (SSSR count). The van der Waals surface area contributed by atoms with Crippen molar-refractivity contribution >= 4 is 5.91 Å². The van der Waals surface area contributed by atoms with Crippen LogP contribution in [0.15, 0.2) is 36.5 Å². The molecule has 0 atom stereocenters. The summed E-state index contributed by atoms with van der Waals surface area (Å²) in [5.41, 5.74) is 0.302. The molecule has 0 aliphatic heterocycles. The van der Waals surface area contributed by atoms with E-state index in [0.29, 0.717) is 5.56 Å². The van der Waals surface area contributed by atoms with Crippen molar-refractivity contribution in [2.24, 2.45) is 0 Å². The number of aromatic nitrogens is 1. The van der Waals surface area contributed by atoms with Crippen LogP contribution in [0.2, 0.25) is 0 Å². The Balaban J connectivity index is 2.19. The van der Waals surface area contributed by atoms with Gasteiger partial charge in [0.25, 0.3) is 5.91 Å². The van der Waals surface area contributed by atoms with Crippen molar-refractivity contribution < 1.29 is 18.7 Å². The second kappa shape index (κ2) is 5.64. The fraction of sp³-hybridized carbons (Fsp3) is 0.143. The van der Waals surface area contributed by atoms with Crippen LogP contribution in [0.1, 0.15) is 15.9 Å². The topological polar surface area (TPSA) is 53.4 Å². The summed E-state index contributed by atoms with van der Waals surface area (Å²) in [5, 5.41) is 9.34. The van der Waals surface area contributed by atoms with E-state index >= 15 is 0 Å². The highest BCUT2D eigenvalue weighted by molar-refractivity contribution is 5.94. The minimum Gasteiger partial charge on any atom is -0.508 e. The number of hydrogen-bond acceptors (Lipinski definition) is 3. The SMILES string of the molecule is CN(Cc1cccc(O)c1)C(=O)c1ccnc(F)c1F. The molecule has 104 valence electrons. The number of aromatic hydroxyl groups is 1. The average molecular weight is 278 g/mol. The molecule has 4 nitrogen and oxygen atoms in total. The lowest BCUT2D eigenvalue weighted by Crippen LogP contribution is -2.27. The molecule has 0 radical (unpaired) electrons. The van der Waals surface area contributed by atoms with E-state index in [1.807, 2.05) is 0 Å². The van der Waals surface area contributed by atoms with Crippen LogP contribution in [0.4, 0.5) is 8.78 Å². The Kier molecular flexibility index (Phi) is 3.93. The number of benzene rings is 1. The first-order valence-corrected chi connectivity index (χ1v) is 5.82. The monoisotopic (exact) mass is 278 g/mol. The maximum Gasteiger partial charge on any atom is 0.257 e. The Morgan fingerprint density at radius 1 is 1.35 bits per heavy atom. The number of halogens is 2. The molecule has 1 heterocycles. The largest absolute Gasteiger partial charge is 0.508 e. The van der Waals surface area contributed by atoms with Crippen LogP contribution >= 0.6 is 0 Å². The molecule has 0 spiro atoms. The van der Waals surface area contributed by atoms with Crippen LogP contribution in [-0.4, -0.2) is 27.9 Å². The smallest absolute Gasteiger partial charge is 0.257 e. The zero-order valence-electron chi connectivity index (χ0n) is 10.7. The zero-order valence-corrected chi connectivity index (χ0v) is 10.7. The Hall–Kier alpha value is -2.50. The molecule has 1 amide bonds. The Bertz CT molecular complexity index is 647. The molecule has 20 heavy (non-hydrogen) atoms. The molecule has 1 N–H and O–H groups in total. The molecular weight excluding hydrogens is 266 g/mol. The molecular formula is C14H12F2N2O2. The van der Waals surface area contributed by atoms with Gasteiger partial charge in [0.05, 0.1) is 5.56 Å². The molecule has 0 aliphatic rings. The standard InChI is InChI=1S/C14H12F2N2O2/c1-18(8-9-3-2-4-10(19)7-9)14(20)11-5-6-17-13(16)12(11)15/h2-7,19H,8H2,1H3. The Morgan fingerprint density at radius 3 is 2.80 bits per heavy atom. The van der Waals surface area contributed by atoms with Crippen LogP contribution in [-0.2, 0) is 6.54 Å². The highest BCUT2D eigenvalue weighted by Crippen LogP contribution is 2.15. The van der Waals surface area contributed by atoms with Crippen molar-refractivity contribution in [1.29, 1.82) is 0 Å². The van der Waals surface area contributed by atoms with Crippen LogP contribution < -0.4 is 0 Å². The van der Waals surface area contributed by atoms with Gasteiger partial charge in [0.2, 0.25) is 5.95 Å². The van der Waals surface area contributed by atoms with E-state index in [4.69, 9.17) is 0 Å². The van der Waals surface area contributed by atoms with Gasteiger partial charge >= 0.3 is 0 Å². The minimum atomic E-state index is -1.30. The molecule has 0 fully saturated rings. The van der Waals surface area contributed by atoms with Crippen molar-refractivity contribution in [3.05, 3.63) is 59.4 Å². The molecule has 0 saturated heterocycles. The fourth-order valence-corrected chi connectivity index (χ4v) is 1.79. The van der Waals surface area contributed by atoms with Crippen molar-refractivity contribution in [1.82, 2.24) is 9.88 Å². The molecule has 6 heteroatoms. The van der Waals surface area contributed by atoms with Gasteiger partial charge in [0.1, 0.15) is 5.75 Å². The minimum absolute atomic E-state index is 0.0736. The number of nitrogens with zero attached hydrogens (tertiary/aromatic N) is 2. The van der Waals surface area contributed by atoms with Gasteiger partial charge in [-0.05, 0) is 23.8 Å². The van der Waals surface area contributed by atoms with E-state index < -0.39 is 17.7 Å². The number of carbonyl (C=O) groups excluding carboxylic acids is 1. The summed E-state index contributed by atoms with van der Waals surface area (Å²) >= 11 is 0. The van der Waals surface area contributed by atoms with E-state index in [0.717, 1.165) is 12.3 Å². The van der Waals surface area contributed by atoms with Crippen LogP contribution in [0, 0.1) is 11.8 Å². The van der Waals surface area contributed by atoms with Crippen molar-refractivity contribution in [2.45, 2.75) is 6.54 Å². The van der Waals surface area contributed by atoms with Crippen LogP contribution in [0.3, 0.4) is 0 Å². The lowest BCUT2D eigenvalue weighted by molar-refractivity contribution is 0.0778. The quantitative estimate of drug-likeness (QED) is 0.877. The number of rotatable bonds is 3. The van der Waals surface area contributed by atoms with E-state index in [-0.39, 0.29) is 17.9 Å². The lowest BCUT2D eigenvalue weighted by atomic mass is 10.2. The normalized spacial score (nSPS) is 10.3. The molecule has 2 aromatic rings. The molecule has 1 aromatic heterocycles. The predicted octanol–water partition coefficient (Wildman–Crippen LogP) is 2.34. The first-order valence-electron chi connectivity index (χ1n) is 5.82. The summed E-state index contributed by atoms with van der Waals surface area (Å²) < 4.78 is 26.5. The lowest BCUT2D eigenvalue weighted by Gasteiger charge is -2.17. The van der Waals surface area contributed by atoms with E-state index in [2.05, 4.69) is 4.98 Å². The zero-order chi connectivity index (χ0) is 14.7. The third kappa shape index (κ3) is 2.90. The third-order valence-corrected chi connectivity index (χ3v) is 2.75. The van der Waals surface area contributed by atoms with Crippen molar-refractivity contribution in [3.8, 4) is 5.75 Å². The first kappa shape index (κ1) is 13.9. The predicted molar refractivity (Wildman–Crippen MR) is 68.1 cm³/mol. The molecule has 0 bridgehead atoms. The van der Waals surface area contributed by atoms with Gasteiger partial charge in [-0.25, -0.2) is 9.37 Å². The second-order valence-corrected chi connectivity index (χ2v) is 4.29. The van der Waals surface area contributed by atoms with E-state index in [9.17, 15) is 18.7 Å². The number of pyridine rings is 1. The number of amides is 1. The second-order valence-electron chi connectivity index (χ2n) is 4.29. The molecule has 0 unspecified atom stereocenters. The third-order valence-electron chi connectivity index (χ3n) is 2.75. The van der Waals surface area contributed by atoms with Gasteiger partial charge in [-0.15, -0.1) is 0 Å². The summed E-state index contributed by atoms with van der Waals surface area (Å²) in [5.74, 6) is -3.15. The van der Waals surface area contributed by atoms with Gasteiger partial charge in [0, 0.05) is 19.8 Å². The number of hydrogen-bond donors (Lipinski definition) is 1. The summed E-state index contributed by atoms with van der Waals surface area (Å²) in [6.45, 7) is 0.163. The molecule has 0 aliphatic carbocycles. The van der Waals surface area contributed by atoms with Gasteiger partial charge in [0.15, 0.2) is 5.82 Å². The summed E-state index contributed by atoms with van der Waals surface area (Å²) in [6, 6.07) is 7.47. The highest BCUT2D eigenvalue weighted by atomic mass is 19.2. The maximum absolute atomic E-state index is 13.5. The van der Waals surface area contributed by atoms with Gasteiger partial charge in [-0.1, -0.05) is 12.1 Å². The van der Waals surface area contributed by atoms with Crippen LogP contribution in [0.25, 0.3) is 0 Å². The summed E-state index contributed by atoms with van der Waals surface area (Å²) in [6.07, 6.45) is 1.04. The fourth-order valence-electron chi connectivity index (χ4n) is 1.79. The summed E-state index contributed by atoms with van der Waals surface area (Å²) in [7, 11) is 1.46. The van der Waals surface area contributed by atoms with Gasteiger partial charge < -0.3 is 10.0 Å². The van der Waals surface area contributed by atoms with E-state index in [1.165, 1.54) is 24.1 Å². The number of phenols is 1. The van der Waals surface area contributed by atoms with Crippen molar-refractivity contribution in [2.75, 3.05) is 7.05 Å². The highest BCUT2D eigenvalue weighted by Gasteiger charge is 2.19. The average Bonchev–Trinajstić information content (AvgIpc) is 2.41. The number of carbonyl (C=O) groups is 1. The van der Waals surface area contributed by atoms with E-state index in [1.54, 1.807) is 12.1 Å². The van der Waals surface area contributed by atoms with Crippen LogP contribution in [0.5, 0.6) is 5.75 Å². The molecule has 1 aromatic carbocycles. The van der Waals surface area contributed by atoms with Crippen molar-refractivity contribution in [3.63, 3.8) is 0 Å². The Morgan fingerprint density at radius 2 is 2.10 bits per heavy atom. The Labute approximate surface area is 114 Å². The van der Waals surface area contributed by atoms with Gasteiger partial charge in [-0.3, -0.25) is 4.79 Å². The molecule has 0 saturated carbocycles.